The van der Waals surface area contributed by atoms with Crippen molar-refractivity contribution in [2.24, 2.45) is 18.9 Å². The number of halogens is 1. The number of nitrogens with zero attached hydrogens (tertiary/aromatic N) is 4. The monoisotopic (exact) mass is 410 g/mol. The summed E-state index contributed by atoms with van der Waals surface area (Å²) in [5.41, 5.74) is 2.61. The van der Waals surface area contributed by atoms with Gasteiger partial charge in [0, 0.05) is 37.9 Å². The Morgan fingerprint density at radius 3 is 2.80 bits per heavy atom. The second-order valence-electron chi connectivity index (χ2n) is 9.46. The Labute approximate surface area is 177 Å². The van der Waals surface area contributed by atoms with Gasteiger partial charge in [-0.25, -0.2) is 4.39 Å². The lowest BCUT2D eigenvalue weighted by atomic mass is 9.71. The molecule has 0 N–H and O–H groups in total. The van der Waals surface area contributed by atoms with E-state index >= 15 is 0 Å². The zero-order valence-corrected chi connectivity index (χ0v) is 17.9. The lowest BCUT2D eigenvalue weighted by molar-refractivity contribution is -0.0643. The van der Waals surface area contributed by atoms with E-state index in [1.54, 1.807) is 10.7 Å². The maximum Gasteiger partial charge on any atom is 0.274 e. The lowest BCUT2D eigenvalue weighted by Gasteiger charge is -2.57. The molecule has 3 aliphatic rings. The molecule has 0 unspecified atom stereocenters. The number of hydrogen-bond donors (Lipinski definition) is 0. The predicted octanol–water partition coefficient (Wildman–Crippen LogP) is 3.43. The van der Waals surface area contributed by atoms with E-state index in [1.807, 2.05) is 37.1 Å². The number of piperidine rings is 3. The quantitative estimate of drug-likeness (QED) is 0.779. The number of aryl methyl sites for hydroxylation is 2. The summed E-state index contributed by atoms with van der Waals surface area (Å²) < 4.78 is 15.6. The summed E-state index contributed by atoms with van der Waals surface area (Å²) in [6.45, 7) is 4.71. The van der Waals surface area contributed by atoms with Crippen molar-refractivity contribution in [1.82, 2.24) is 19.6 Å². The summed E-state index contributed by atoms with van der Waals surface area (Å²) in [6, 6.07) is 9.83. The maximum absolute atomic E-state index is 13.8. The molecule has 0 saturated carbocycles. The van der Waals surface area contributed by atoms with Crippen molar-refractivity contribution in [3.8, 4) is 0 Å². The Morgan fingerprint density at radius 1 is 1.20 bits per heavy atom. The minimum Gasteiger partial charge on any atom is -0.337 e. The summed E-state index contributed by atoms with van der Waals surface area (Å²) in [7, 11) is 1.88. The molecule has 6 heteroatoms. The summed E-state index contributed by atoms with van der Waals surface area (Å²) in [6.07, 6.45) is 5.75. The second-order valence-corrected chi connectivity index (χ2v) is 9.46. The number of likely N-dealkylation sites (tertiary alicyclic amines) is 1. The van der Waals surface area contributed by atoms with Gasteiger partial charge in [0.1, 0.15) is 5.82 Å². The largest absolute Gasteiger partial charge is 0.337 e. The van der Waals surface area contributed by atoms with Gasteiger partial charge in [0.2, 0.25) is 0 Å². The van der Waals surface area contributed by atoms with E-state index in [0.717, 1.165) is 37.3 Å². The average molecular weight is 411 g/mol. The van der Waals surface area contributed by atoms with E-state index in [1.165, 1.54) is 31.7 Å². The highest BCUT2D eigenvalue weighted by Crippen LogP contribution is 2.42. The highest BCUT2D eigenvalue weighted by atomic mass is 19.1. The topological polar surface area (TPSA) is 41.4 Å². The summed E-state index contributed by atoms with van der Waals surface area (Å²) in [4.78, 5) is 18.0. The molecule has 1 amide bonds. The fourth-order valence-electron chi connectivity index (χ4n) is 6.09. The van der Waals surface area contributed by atoms with Crippen LogP contribution in [0, 0.1) is 24.6 Å². The van der Waals surface area contributed by atoms with Crippen molar-refractivity contribution < 1.29 is 9.18 Å². The molecule has 0 aliphatic carbocycles. The standard InChI is InChI=1S/C24H31FN4O/c1-16-10-21(26-27(16)2)24(30)28-14-18-13-19(15-28)23(29-9-4-3-8-22(18)29)12-17-6-5-7-20(25)11-17/h5-7,10-11,18-19,22-23H,3-4,8-9,12-15H2,1-2H3/t18-,19+,22+,23+/m1/s1. The van der Waals surface area contributed by atoms with Crippen molar-refractivity contribution in [1.29, 1.82) is 0 Å². The van der Waals surface area contributed by atoms with Crippen molar-refractivity contribution in [3.63, 3.8) is 0 Å². The van der Waals surface area contributed by atoms with Crippen LogP contribution in [-0.2, 0) is 13.5 Å². The third-order valence-electron chi connectivity index (χ3n) is 7.58. The Kier molecular flexibility index (Phi) is 5.13. The first kappa shape index (κ1) is 19.7. The fourth-order valence-corrected chi connectivity index (χ4v) is 6.09. The molecule has 0 radical (unpaired) electrons. The fraction of sp³-hybridized carbons (Fsp3) is 0.583. The highest BCUT2D eigenvalue weighted by Gasteiger charge is 2.48. The summed E-state index contributed by atoms with van der Waals surface area (Å²) >= 11 is 0. The molecule has 160 valence electrons. The van der Waals surface area contributed by atoms with Crippen LogP contribution >= 0.6 is 0 Å². The molecule has 2 aromatic rings. The molecule has 3 fully saturated rings. The molecular weight excluding hydrogens is 379 g/mol. The minimum atomic E-state index is -0.164. The number of aromatic nitrogens is 2. The molecule has 4 atom stereocenters. The van der Waals surface area contributed by atoms with Crippen LogP contribution in [0.4, 0.5) is 4.39 Å². The predicted molar refractivity (Wildman–Crippen MR) is 114 cm³/mol. The van der Waals surface area contributed by atoms with E-state index in [9.17, 15) is 9.18 Å². The van der Waals surface area contributed by atoms with Crippen molar-refractivity contribution in [3.05, 3.63) is 53.1 Å². The molecule has 4 heterocycles. The van der Waals surface area contributed by atoms with Crippen LogP contribution < -0.4 is 0 Å². The first-order valence-electron chi connectivity index (χ1n) is 11.3. The van der Waals surface area contributed by atoms with Crippen LogP contribution in [0.3, 0.4) is 0 Å². The minimum absolute atomic E-state index is 0.0576. The van der Waals surface area contributed by atoms with Gasteiger partial charge in [-0.3, -0.25) is 14.4 Å². The van der Waals surface area contributed by atoms with Crippen LogP contribution in [0.15, 0.2) is 30.3 Å². The number of benzene rings is 1. The Morgan fingerprint density at radius 2 is 2.03 bits per heavy atom. The zero-order chi connectivity index (χ0) is 20.8. The third kappa shape index (κ3) is 3.55. The Hall–Kier alpha value is -2.21. The van der Waals surface area contributed by atoms with Crippen LogP contribution in [0.1, 0.15) is 47.4 Å². The first-order chi connectivity index (χ1) is 14.5. The van der Waals surface area contributed by atoms with Crippen LogP contribution in [-0.4, -0.2) is 57.2 Å². The molecule has 3 saturated heterocycles. The number of carbonyl (C=O) groups excluding carboxylic acids is 1. The van der Waals surface area contributed by atoms with Gasteiger partial charge in [-0.2, -0.15) is 5.10 Å². The van der Waals surface area contributed by atoms with Gasteiger partial charge in [-0.05, 0) is 74.8 Å². The van der Waals surface area contributed by atoms with E-state index in [-0.39, 0.29) is 11.7 Å². The molecule has 1 aromatic carbocycles. The molecule has 2 bridgehead atoms. The molecule has 5 rings (SSSR count). The van der Waals surface area contributed by atoms with E-state index in [2.05, 4.69) is 10.00 Å². The van der Waals surface area contributed by atoms with Gasteiger partial charge >= 0.3 is 0 Å². The first-order valence-corrected chi connectivity index (χ1v) is 11.3. The number of fused-ring (bicyclic) bond motifs is 4. The van der Waals surface area contributed by atoms with E-state index in [4.69, 9.17) is 0 Å². The lowest BCUT2D eigenvalue weighted by Crippen LogP contribution is -2.64. The van der Waals surface area contributed by atoms with Crippen molar-refractivity contribution >= 4 is 5.91 Å². The van der Waals surface area contributed by atoms with Crippen molar-refractivity contribution in [2.45, 2.75) is 51.1 Å². The second kappa shape index (κ2) is 7.80. The molecule has 0 spiro atoms. The van der Waals surface area contributed by atoms with E-state index in [0.29, 0.717) is 29.6 Å². The van der Waals surface area contributed by atoms with Gasteiger partial charge in [-0.15, -0.1) is 0 Å². The molecular formula is C24H31FN4O. The molecule has 5 nitrogen and oxygen atoms in total. The summed E-state index contributed by atoms with van der Waals surface area (Å²) in [5, 5.41) is 4.43. The van der Waals surface area contributed by atoms with Gasteiger partial charge in [0.05, 0.1) is 0 Å². The average Bonchev–Trinajstić information content (AvgIpc) is 3.09. The van der Waals surface area contributed by atoms with Crippen LogP contribution in [0.5, 0.6) is 0 Å². The van der Waals surface area contributed by atoms with E-state index < -0.39 is 0 Å². The zero-order valence-electron chi connectivity index (χ0n) is 17.9. The number of hydrogen-bond acceptors (Lipinski definition) is 3. The van der Waals surface area contributed by atoms with Gasteiger partial charge < -0.3 is 4.90 Å². The van der Waals surface area contributed by atoms with Gasteiger partial charge in [-0.1, -0.05) is 18.6 Å². The normalized spacial score (nSPS) is 29.0. The summed E-state index contributed by atoms with van der Waals surface area (Å²) in [5.74, 6) is 0.848. The molecule has 3 aliphatic heterocycles. The Balaban J connectivity index is 1.41. The number of amides is 1. The van der Waals surface area contributed by atoms with Crippen molar-refractivity contribution in [2.75, 3.05) is 19.6 Å². The molecule has 30 heavy (non-hydrogen) atoms. The number of carbonyl (C=O) groups is 1. The molecule has 1 aromatic heterocycles. The highest BCUT2D eigenvalue weighted by molar-refractivity contribution is 5.92. The Bertz CT molecular complexity index is 922. The maximum atomic E-state index is 13.8. The smallest absolute Gasteiger partial charge is 0.274 e. The number of rotatable bonds is 3. The van der Waals surface area contributed by atoms with Crippen LogP contribution in [0.2, 0.25) is 0 Å². The van der Waals surface area contributed by atoms with Gasteiger partial charge in [0.15, 0.2) is 5.69 Å². The third-order valence-corrected chi connectivity index (χ3v) is 7.58. The SMILES string of the molecule is Cc1cc(C(=O)N2C[C@H]3C[C@@H](C2)[C@H](Cc2cccc(F)c2)N2CCCC[C@@H]32)nn1C. The van der Waals surface area contributed by atoms with Gasteiger partial charge in [0.25, 0.3) is 5.91 Å². The van der Waals surface area contributed by atoms with Crippen LogP contribution in [0.25, 0.3) is 0 Å².